The van der Waals surface area contributed by atoms with E-state index < -0.39 is 10.0 Å². The van der Waals surface area contributed by atoms with Gasteiger partial charge in [0, 0.05) is 12.2 Å². The van der Waals surface area contributed by atoms with Crippen molar-refractivity contribution in [3.05, 3.63) is 59.7 Å². The molecule has 0 radical (unpaired) electrons. The number of aryl methyl sites for hydroxylation is 1. The number of benzene rings is 2. The van der Waals surface area contributed by atoms with Gasteiger partial charge in [0.1, 0.15) is 0 Å². The molecular formula is C15H18N2O2S. The van der Waals surface area contributed by atoms with E-state index in [1.807, 2.05) is 31.2 Å². The van der Waals surface area contributed by atoms with E-state index in [1.165, 1.54) is 12.1 Å². The van der Waals surface area contributed by atoms with E-state index in [0.717, 1.165) is 11.1 Å². The van der Waals surface area contributed by atoms with Crippen LogP contribution in [0.3, 0.4) is 0 Å². The van der Waals surface area contributed by atoms with Gasteiger partial charge in [0.2, 0.25) is 10.0 Å². The normalized spacial score (nSPS) is 11.4. The highest BCUT2D eigenvalue weighted by atomic mass is 32.2. The largest absolute Gasteiger partial charge is 0.399 e. The first-order chi connectivity index (χ1) is 9.49. The number of anilines is 1. The van der Waals surface area contributed by atoms with E-state index in [0.29, 0.717) is 18.7 Å². The van der Waals surface area contributed by atoms with Crippen LogP contribution >= 0.6 is 0 Å². The van der Waals surface area contributed by atoms with Crippen LogP contribution in [0.5, 0.6) is 0 Å². The standard InChI is InChI=1S/C15H18N2O2S/c1-12-5-2-3-6-13(12)9-10-17-20(18,19)15-8-4-7-14(16)11-15/h2-8,11,17H,9-10,16H2,1H3. The lowest BCUT2D eigenvalue weighted by molar-refractivity contribution is 0.581. The Balaban J connectivity index is 2.02. The van der Waals surface area contributed by atoms with Crippen LogP contribution in [0.15, 0.2) is 53.4 Å². The highest BCUT2D eigenvalue weighted by molar-refractivity contribution is 7.89. The summed E-state index contributed by atoms with van der Waals surface area (Å²) >= 11 is 0. The van der Waals surface area contributed by atoms with Crippen molar-refractivity contribution in [1.82, 2.24) is 4.72 Å². The molecule has 2 rings (SSSR count). The molecule has 20 heavy (non-hydrogen) atoms. The molecule has 0 amide bonds. The average Bonchev–Trinajstić information content (AvgIpc) is 2.41. The Morgan fingerprint density at radius 3 is 2.55 bits per heavy atom. The molecule has 5 heteroatoms. The molecule has 0 aliphatic heterocycles. The van der Waals surface area contributed by atoms with E-state index >= 15 is 0 Å². The Labute approximate surface area is 119 Å². The number of hydrogen-bond acceptors (Lipinski definition) is 3. The van der Waals surface area contributed by atoms with E-state index in [2.05, 4.69) is 4.72 Å². The van der Waals surface area contributed by atoms with Crippen LogP contribution in [0.2, 0.25) is 0 Å². The van der Waals surface area contributed by atoms with Crippen LogP contribution in [-0.2, 0) is 16.4 Å². The number of rotatable bonds is 5. The van der Waals surface area contributed by atoms with E-state index in [4.69, 9.17) is 5.73 Å². The fourth-order valence-corrected chi connectivity index (χ4v) is 3.06. The van der Waals surface area contributed by atoms with Crippen molar-refractivity contribution < 1.29 is 8.42 Å². The molecule has 3 N–H and O–H groups in total. The molecule has 0 aliphatic rings. The molecule has 4 nitrogen and oxygen atoms in total. The van der Waals surface area contributed by atoms with Gasteiger partial charge in [-0.05, 0) is 42.7 Å². The maximum Gasteiger partial charge on any atom is 0.240 e. The number of nitrogens with one attached hydrogen (secondary N) is 1. The third-order valence-corrected chi connectivity index (χ3v) is 4.57. The van der Waals surface area contributed by atoms with E-state index in [9.17, 15) is 8.42 Å². The molecule has 0 spiro atoms. The minimum atomic E-state index is -3.50. The summed E-state index contributed by atoms with van der Waals surface area (Å²) in [7, 11) is -3.50. The van der Waals surface area contributed by atoms with Crippen LogP contribution in [0, 0.1) is 6.92 Å². The molecule has 0 unspecified atom stereocenters. The molecule has 2 aromatic carbocycles. The Hall–Kier alpha value is -1.85. The van der Waals surface area contributed by atoms with Crippen molar-refractivity contribution in [3.63, 3.8) is 0 Å². The first-order valence-corrected chi connectivity index (χ1v) is 7.87. The summed E-state index contributed by atoms with van der Waals surface area (Å²) in [5, 5.41) is 0. The van der Waals surface area contributed by atoms with Gasteiger partial charge in [0.25, 0.3) is 0 Å². The first-order valence-electron chi connectivity index (χ1n) is 6.39. The molecule has 0 heterocycles. The van der Waals surface area contributed by atoms with Gasteiger partial charge in [0.05, 0.1) is 4.90 Å². The van der Waals surface area contributed by atoms with Gasteiger partial charge in [-0.25, -0.2) is 13.1 Å². The number of nitrogens with two attached hydrogens (primary N) is 1. The van der Waals surface area contributed by atoms with Crippen LogP contribution in [0.25, 0.3) is 0 Å². The van der Waals surface area contributed by atoms with Crippen LogP contribution in [0.1, 0.15) is 11.1 Å². The number of sulfonamides is 1. The Bertz CT molecular complexity index is 697. The van der Waals surface area contributed by atoms with Crippen molar-refractivity contribution in [2.75, 3.05) is 12.3 Å². The van der Waals surface area contributed by atoms with Gasteiger partial charge in [-0.3, -0.25) is 0 Å². The molecule has 0 atom stereocenters. The van der Waals surface area contributed by atoms with Crippen LogP contribution < -0.4 is 10.5 Å². The molecular weight excluding hydrogens is 272 g/mol. The van der Waals surface area contributed by atoms with Crippen molar-refractivity contribution in [2.24, 2.45) is 0 Å². The minimum Gasteiger partial charge on any atom is -0.399 e. The minimum absolute atomic E-state index is 0.197. The SMILES string of the molecule is Cc1ccccc1CCNS(=O)(=O)c1cccc(N)c1. The predicted octanol–water partition coefficient (Wildman–Crippen LogP) is 2.10. The lowest BCUT2D eigenvalue weighted by Gasteiger charge is -2.08. The fraction of sp³-hybridized carbons (Fsp3) is 0.200. The summed E-state index contributed by atoms with van der Waals surface area (Å²) in [6.07, 6.45) is 0.661. The Morgan fingerprint density at radius 2 is 1.85 bits per heavy atom. The monoisotopic (exact) mass is 290 g/mol. The predicted molar refractivity (Wildman–Crippen MR) is 80.9 cm³/mol. The van der Waals surface area contributed by atoms with Gasteiger partial charge >= 0.3 is 0 Å². The summed E-state index contributed by atoms with van der Waals surface area (Å²) in [5.41, 5.74) is 8.34. The molecule has 0 aromatic heterocycles. The molecule has 0 fully saturated rings. The summed E-state index contributed by atoms with van der Waals surface area (Å²) in [6.45, 7) is 2.38. The second-order valence-electron chi connectivity index (χ2n) is 4.65. The highest BCUT2D eigenvalue weighted by Gasteiger charge is 2.13. The highest BCUT2D eigenvalue weighted by Crippen LogP contribution is 2.13. The third kappa shape index (κ3) is 3.59. The smallest absolute Gasteiger partial charge is 0.240 e. The maximum absolute atomic E-state index is 12.1. The lowest BCUT2D eigenvalue weighted by Crippen LogP contribution is -2.26. The van der Waals surface area contributed by atoms with Crippen molar-refractivity contribution in [1.29, 1.82) is 0 Å². The van der Waals surface area contributed by atoms with Gasteiger partial charge in [-0.15, -0.1) is 0 Å². The van der Waals surface area contributed by atoms with Crippen molar-refractivity contribution in [3.8, 4) is 0 Å². The summed E-state index contributed by atoms with van der Waals surface area (Å²) in [5.74, 6) is 0. The average molecular weight is 290 g/mol. The quantitative estimate of drug-likeness (QED) is 0.828. The molecule has 0 aliphatic carbocycles. The summed E-state index contributed by atoms with van der Waals surface area (Å²) < 4.78 is 26.8. The van der Waals surface area contributed by atoms with Crippen LogP contribution in [-0.4, -0.2) is 15.0 Å². The van der Waals surface area contributed by atoms with Gasteiger partial charge in [-0.2, -0.15) is 0 Å². The van der Waals surface area contributed by atoms with E-state index in [-0.39, 0.29) is 4.90 Å². The van der Waals surface area contributed by atoms with Crippen molar-refractivity contribution >= 4 is 15.7 Å². The van der Waals surface area contributed by atoms with Gasteiger partial charge < -0.3 is 5.73 Å². The second-order valence-corrected chi connectivity index (χ2v) is 6.41. The van der Waals surface area contributed by atoms with Gasteiger partial charge in [0.15, 0.2) is 0 Å². The van der Waals surface area contributed by atoms with Crippen molar-refractivity contribution in [2.45, 2.75) is 18.2 Å². The molecule has 106 valence electrons. The third-order valence-electron chi connectivity index (χ3n) is 3.12. The molecule has 0 bridgehead atoms. The van der Waals surface area contributed by atoms with Gasteiger partial charge in [-0.1, -0.05) is 30.3 Å². The fourth-order valence-electron chi connectivity index (χ4n) is 1.98. The Kier molecular flexibility index (Phi) is 4.42. The number of hydrogen-bond donors (Lipinski definition) is 2. The molecule has 0 saturated heterocycles. The molecule has 2 aromatic rings. The number of nitrogen functional groups attached to an aromatic ring is 1. The lowest BCUT2D eigenvalue weighted by atomic mass is 10.1. The zero-order chi connectivity index (χ0) is 14.6. The van der Waals surface area contributed by atoms with E-state index in [1.54, 1.807) is 12.1 Å². The van der Waals surface area contributed by atoms with Crippen LogP contribution in [0.4, 0.5) is 5.69 Å². The first kappa shape index (κ1) is 14.6. The summed E-state index contributed by atoms with van der Waals surface area (Å²) in [6, 6.07) is 14.2. The topological polar surface area (TPSA) is 72.2 Å². The maximum atomic E-state index is 12.1. The molecule has 0 saturated carbocycles. The summed E-state index contributed by atoms with van der Waals surface area (Å²) in [4.78, 5) is 0.197. The Morgan fingerprint density at radius 1 is 1.10 bits per heavy atom. The zero-order valence-corrected chi connectivity index (χ0v) is 12.2. The zero-order valence-electron chi connectivity index (χ0n) is 11.3. The second kappa shape index (κ2) is 6.07.